The monoisotopic (exact) mass is 266 g/mol. The summed E-state index contributed by atoms with van der Waals surface area (Å²) in [6.07, 6.45) is 5.38. The third-order valence-corrected chi connectivity index (χ3v) is 3.52. The van der Waals surface area contributed by atoms with Crippen LogP contribution in [0.1, 0.15) is 29.9 Å². The molecule has 2 rings (SSSR count). The summed E-state index contributed by atoms with van der Waals surface area (Å²) in [5.41, 5.74) is -0.693. The van der Waals surface area contributed by atoms with E-state index in [1.165, 1.54) is 0 Å². The molecule has 19 heavy (non-hydrogen) atoms. The van der Waals surface area contributed by atoms with Gasteiger partial charge in [0.25, 0.3) is 5.91 Å². The SMILES string of the molecule is CN(C)C[C@@]1(O)CCCN(C(=O)c2ncc[nH]2)CC1. The quantitative estimate of drug-likeness (QED) is 0.827. The number of H-pyrrole nitrogens is 1. The molecule has 1 aromatic rings. The van der Waals surface area contributed by atoms with Crippen molar-refractivity contribution in [3.63, 3.8) is 0 Å². The van der Waals surface area contributed by atoms with Gasteiger partial charge in [0.05, 0.1) is 5.60 Å². The van der Waals surface area contributed by atoms with Crippen LogP contribution in [0.3, 0.4) is 0 Å². The van der Waals surface area contributed by atoms with Gasteiger partial charge < -0.3 is 19.9 Å². The molecule has 2 heterocycles. The van der Waals surface area contributed by atoms with Crippen LogP contribution in [-0.4, -0.2) is 70.1 Å². The zero-order chi connectivity index (χ0) is 13.9. The number of amides is 1. The molecule has 0 saturated carbocycles. The maximum atomic E-state index is 12.2. The summed E-state index contributed by atoms with van der Waals surface area (Å²) in [5.74, 6) is 0.289. The van der Waals surface area contributed by atoms with Gasteiger partial charge in [0.15, 0.2) is 5.82 Å². The number of aromatic amines is 1. The third kappa shape index (κ3) is 3.54. The fourth-order valence-corrected chi connectivity index (χ4v) is 2.66. The first-order valence-electron chi connectivity index (χ1n) is 6.66. The number of carbonyl (C=O) groups is 1. The minimum Gasteiger partial charge on any atom is -0.388 e. The zero-order valence-electron chi connectivity index (χ0n) is 11.6. The molecule has 1 aliphatic heterocycles. The van der Waals surface area contributed by atoms with Crippen LogP contribution in [0, 0.1) is 0 Å². The molecule has 0 bridgehead atoms. The van der Waals surface area contributed by atoms with Gasteiger partial charge >= 0.3 is 0 Å². The molecule has 2 N–H and O–H groups in total. The highest BCUT2D eigenvalue weighted by Crippen LogP contribution is 2.23. The largest absolute Gasteiger partial charge is 0.388 e. The molecule has 1 atom stereocenters. The van der Waals surface area contributed by atoms with E-state index in [0.717, 1.165) is 12.8 Å². The van der Waals surface area contributed by atoms with Crippen molar-refractivity contribution in [1.29, 1.82) is 0 Å². The van der Waals surface area contributed by atoms with Gasteiger partial charge in [-0.25, -0.2) is 4.98 Å². The number of nitrogens with one attached hydrogen (secondary N) is 1. The first kappa shape index (κ1) is 14.0. The molecular formula is C13H22N4O2. The molecule has 1 amide bonds. The summed E-state index contributed by atoms with van der Waals surface area (Å²) in [6.45, 7) is 1.88. The molecule has 6 nitrogen and oxygen atoms in total. The van der Waals surface area contributed by atoms with Crippen LogP contribution in [0.2, 0.25) is 0 Å². The Bertz CT molecular complexity index is 418. The molecule has 1 aliphatic rings. The highest BCUT2D eigenvalue weighted by molar-refractivity contribution is 5.90. The third-order valence-electron chi connectivity index (χ3n) is 3.52. The Hall–Kier alpha value is -1.40. The maximum absolute atomic E-state index is 12.2. The van der Waals surface area contributed by atoms with E-state index < -0.39 is 5.60 Å². The fraction of sp³-hybridized carbons (Fsp3) is 0.692. The lowest BCUT2D eigenvalue weighted by atomic mass is 9.94. The van der Waals surface area contributed by atoms with Crippen LogP contribution >= 0.6 is 0 Å². The summed E-state index contributed by atoms with van der Waals surface area (Å²) >= 11 is 0. The predicted molar refractivity (Wildman–Crippen MR) is 71.8 cm³/mol. The van der Waals surface area contributed by atoms with Crippen molar-refractivity contribution in [1.82, 2.24) is 19.8 Å². The van der Waals surface area contributed by atoms with Crippen molar-refractivity contribution < 1.29 is 9.90 Å². The number of likely N-dealkylation sites (tertiary alicyclic amines) is 1. The average Bonchev–Trinajstić information content (AvgIpc) is 2.79. The van der Waals surface area contributed by atoms with Gasteiger partial charge in [-0.2, -0.15) is 0 Å². The fourth-order valence-electron chi connectivity index (χ4n) is 2.66. The Morgan fingerprint density at radius 1 is 1.53 bits per heavy atom. The van der Waals surface area contributed by atoms with Gasteiger partial charge in [0.2, 0.25) is 0 Å². The second-order valence-corrected chi connectivity index (χ2v) is 5.55. The molecule has 1 aromatic heterocycles. The maximum Gasteiger partial charge on any atom is 0.289 e. The normalized spacial score (nSPS) is 24.5. The Balaban J connectivity index is 1.98. The summed E-state index contributed by atoms with van der Waals surface area (Å²) in [4.78, 5) is 22.8. The van der Waals surface area contributed by atoms with E-state index in [4.69, 9.17) is 0 Å². The minimum atomic E-state index is -0.693. The molecular weight excluding hydrogens is 244 g/mol. The lowest BCUT2D eigenvalue weighted by Crippen LogP contribution is -2.41. The lowest BCUT2D eigenvalue weighted by Gasteiger charge is -2.29. The van der Waals surface area contributed by atoms with Gasteiger partial charge in [-0.15, -0.1) is 0 Å². The van der Waals surface area contributed by atoms with Crippen LogP contribution in [0.5, 0.6) is 0 Å². The second kappa shape index (κ2) is 5.71. The summed E-state index contributed by atoms with van der Waals surface area (Å²) in [5, 5.41) is 10.5. The molecule has 0 aliphatic carbocycles. The Morgan fingerprint density at radius 3 is 2.95 bits per heavy atom. The summed E-state index contributed by atoms with van der Waals surface area (Å²) in [6, 6.07) is 0. The smallest absolute Gasteiger partial charge is 0.289 e. The zero-order valence-corrected chi connectivity index (χ0v) is 11.6. The Kier molecular flexibility index (Phi) is 4.21. The minimum absolute atomic E-state index is 0.0842. The van der Waals surface area contributed by atoms with Crippen molar-refractivity contribution in [2.45, 2.75) is 24.9 Å². The highest BCUT2D eigenvalue weighted by atomic mass is 16.3. The van der Waals surface area contributed by atoms with Gasteiger partial charge in [-0.1, -0.05) is 0 Å². The van der Waals surface area contributed by atoms with Gasteiger partial charge in [0.1, 0.15) is 0 Å². The van der Waals surface area contributed by atoms with Crippen molar-refractivity contribution in [3.8, 4) is 0 Å². The van der Waals surface area contributed by atoms with Crippen molar-refractivity contribution in [3.05, 3.63) is 18.2 Å². The average molecular weight is 266 g/mol. The number of carbonyl (C=O) groups excluding carboxylic acids is 1. The number of imidazole rings is 1. The number of aliphatic hydroxyl groups is 1. The number of hydrogen-bond donors (Lipinski definition) is 2. The van der Waals surface area contributed by atoms with E-state index in [-0.39, 0.29) is 5.91 Å². The van der Waals surface area contributed by atoms with E-state index in [9.17, 15) is 9.90 Å². The number of nitrogens with zero attached hydrogens (tertiary/aromatic N) is 3. The highest BCUT2D eigenvalue weighted by Gasteiger charge is 2.32. The lowest BCUT2D eigenvalue weighted by molar-refractivity contribution is 0.00302. The number of hydrogen-bond acceptors (Lipinski definition) is 4. The number of aromatic nitrogens is 2. The van der Waals surface area contributed by atoms with Gasteiger partial charge in [0, 0.05) is 32.0 Å². The number of rotatable bonds is 3. The molecule has 0 unspecified atom stereocenters. The van der Waals surface area contributed by atoms with Crippen LogP contribution < -0.4 is 0 Å². The van der Waals surface area contributed by atoms with Crippen LogP contribution in [0.25, 0.3) is 0 Å². The standard InChI is InChI=1S/C13H22N4O2/c1-16(2)10-13(19)4-3-8-17(9-5-13)12(18)11-14-6-7-15-11/h6-7,19H,3-5,8-10H2,1-2H3,(H,14,15)/t13-/m1/s1. The van der Waals surface area contributed by atoms with E-state index in [0.29, 0.717) is 31.9 Å². The molecule has 0 radical (unpaired) electrons. The van der Waals surface area contributed by atoms with Crippen molar-refractivity contribution in [2.24, 2.45) is 0 Å². The summed E-state index contributed by atoms with van der Waals surface area (Å²) < 4.78 is 0. The predicted octanol–water partition coefficient (Wildman–Crippen LogP) is 0.328. The van der Waals surface area contributed by atoms with Crippen LogP contribution in [0.15, 0.2) is 12.4 Å². The molecule has 1 fully saturated rings. The summed E-state index contributed by atoms with van der Waals surface area (Å²) in [7, 11) is 3.91. The Labute approximate surface area is 113 Å². The van der Waals surface area contributed by atoms with Crippen molar-refractivity contribution >= 4 is 5.91 Å². The van der Waals surface area contributed by atoms with Gasteiger partial charge in [-0.3, -0.25) is 4.79 Å². The van der Waals surface area contributed by atoms with E-state index in [1.54, 1.807) is 17.3 Å². The number of likely N-dealkylation sites (N-methyl/N-ethyl adjacent to an activating group) is 1. The molecule has 0 spiro atoms. The molecule has 0 aromatic carbocycles. The Morgan fingerprint density at radius 2 is 2.32 bits per heavy atom. The van der Waals surface area contributed by atoms with Crippen molar-refractivity contribution in [2.75, 3.05) is 33.7 Å². The first-order chi connectivity index (χ1) is 9.00. The van der Waals surface area contributed by atoms with E-state index in [2.05, 4.69) is 9.97 Å². The molecule has 1 saturated heterocycles. The second-order valence-electron chi connectivity index (χ2n) is 5.55. The van der Waals surface area contributed by atoms with Gasteiger partial charge in [-0.05, 0) is 33.4 Å². The molecule has 6 heteroatoms. The molecule has 106 valence electrons. The first-order valence-corrected chi connectivity index (χ1v) is 6.66. The van der Waals surface area contributed by atoms with E-state index >= 15 is 0 Å². The van der Waals surface area contributed by atoms with E-state index in [1.807, 2.05) is 19.0 Å². The van der Waals surface area contributed by atoms with Crippen LogP contribution in [0.4, 0.5) is 0 Å². The topological polar surface area (TPSA) is 72.5 Å². The van der Waals surface area contributed by atoms with Crippen LogP contribution in [-0.2, 0) is 0 Å².